The number of rotatable bonds is 12. The van der Waals surface area contributed by atoms with Crippen LogP contribution < -0.4 is 30.7 Å². The molecule has 18 heteroatoms. The van der Waals surface area contributed by atoms with Gasteiger partial charge in [0.2, 0.25) is 0 Å². The van der Waals surface area contributed by atoms with Crippen LogP contribution in [0.2, 0.25) is 10.0 Å². The van der Waals surface area contributed by atoms with Gasteiger partial charge in [-0.3, -0.25) is 29.6 Å². The molecule has 0 atom stereocenters. The van der Waals surface area contributed by atoms with E-state index in [1.807, 2.05) is 19.2 Å². The number of hydrogen-bond donors (Lipinski definition) is 5. The molecule has 1 fully saturated rings. The maximum atomic E-state index is 13.0. The summed E-state index contributed by atoms with van der Waals surface area (Å²) in [5.41, 5.74) is 3.51. The number of halogens is 2. The normalized spacial score (nSPS) is 13.0. The molecule has 5 N–H and O–H groups in total. The van der Waals surface area contributed by atoms with Crippen LogP contribution in [0.25, 0.3) is 0 Å². The first-order chi connectivity index (χ1) is 32.9. The van der Waals surface area contributed by atoms with Crippen molar-refractivity contribution in [3.8, 4) is 11.5 Å². The zero-order chi connectivity index (χ0) is 48.2. The fraction of sp³-hybridized carbons (Fsp3) is 0.200. The lowest BCUT2D eigenvalue weighted by Crippen LogP contribution is -2.35. The number of amidine groups is 2. The van der Waals surface area contributed by atoms with E-state index >= 15 is 0 Å². The standard InChI is InChI=1S/C26H26ClN5O3.C24H22ClN5O3/c1-35-21-7-5-6-20(26(34)30-22-13-12-19(27)16-29-22)23(21)31-25(33)18-10-8-17(9-11-18)24(28)32-14-3-2-4-15-32;1-30-13-12-26-22(30)15-6-8-16(9-7-15)23(31)29-21-18(4-3-5-19(21)33-2)24(32)28-20-11-10-17(25)14-27-20/h5-13,16,28H,2-4,14-15H2,1H3,(H,31,33)(H,29,30,34);3-11,14H,12-13H2,1-2H3,(H,29,31)(H,27,28,32). The molecule has 1 saturated heterocycles. The number of nitrogens with one attached hydrogen (secondary N) is 5. The molecular formula is C50H48Cl2N10O6. The van der Waals surface area contributed by atoms with Crippen molar-refractivity contribution >= 4 is 81.5 Å². The molecule has 68 heavy (non-hydrogen) atoms. The molecule has 4 amide bonds. The lowest BCUT2D eigenvalue weighted by atomic mass is 10.1. The predicted molar refractivity (Wildman–Crippen MR) is 265 cm³/mol. The van der Waals surface area contributed by atoms with Gasteiger partial charge in [0, 0.05) is 61.3 Å². The van der Waals surface area contributed by atoms with Gasteiger partial charge in [0.1, 0.15) is 34.8 Å². The van der Waals surface area contributed by atoms with Crippen LogP contribution in [0.4, 0.5) is 23.0 Å². The van der Waals surface area contributed by atoms with Crippen molar-refractivity contribution in [1.82, 2.24) is 19.8 Å². The van der Waals surface area contributed by atoms with E-state index in [1.165, 1.54) is 33.0 Å². The lowest BCUT2D eigenvalue weighted by Gasteiger charge is -2.29. The largest absolute Gasteiger partial charge is 0.495 e. The predicted octanol–water partition coefficient (Wildman–Crippen LogP) is 9.00. The van der Waals surface area contributed by atoms with Crippen molar-refractivity contribution < 1.29 is 28.7 Å². The molecule has 4 aromatic carbocycles. The maximum absolute atomic E-state index is 13.0. The summed E-state index contributed by atoms with van der Waals surface area (Å²) in [6.07, 6.45) is 6.24. The monoisotopic (exact) mass is 954 g/mol. The Bertz CT molecular complexity index is 2820. The zero-order valence-corrected chi connectivity index (χ0v) is 39.0. The van der Waals surface area contributed by atoms with Crippen LogP contribution in [0.1, 0.15) is 71.8 Å². The van der Waals surface area contributed by atoms with Crippen LogP contribution in [-0.4, -0.2) is 103 Å². The summed E-state index contributed by atoms with van der Waals surface area (Å²) in [4.78, 5) is 68.7. The third kappa shape index (κ3) is 11.9. The number of methoxy groups -OCH3 is 2. The number of hydrogen-bond acceptors (Lipinski definition) is 11. The number of carbonyl (C=O) groups is 4. The van der Waals surface area contributed by atoms with Crippen LogP contribution in [0.15, 0.2) is 127 Å². The Morgan fingerprint density at radius 3 is 1.47 bits per heavy atom. The highest BCUT2D eigenvalue weighted by Gasteiger charge is 2.22. The van der Waals surface area contributed by atoms with E-state index in [2.05, 4.69) is 46.0 Å². The maximum Gasteiger partial charge on any atom is 0.259 e. The smallest absolute Gasteiger partial charge is 0.259 e. The minimum atomic E-state index is -0.459. The van der Waals surface area contributed by atoms with Crippen molar-refractivity contribution in [1.29, 1.82) is 5.41 Å². The van der Waals surface area contributed by atoms with Crippen molar-refractivity contribution in [3.05, 3.63) is 165 Å². The molecule has 0 unspecified atom stereocenters. The molecule has 6 aromatic rings. The molecule has 16 nitrogen and oxygen atoms in total. The second-order valence-electron chi connectivity index (χ2n) is 15.5. The fourth-order valence-electron chi connectivity index (χ4n) is 7.37. The van der Waals surface area contributed by atoms with Crippen LogP contribution in [-0.2, 0) is 0 Å². The summed E-state index contributed by atoms with van der Waals surface area (Å²) in [7, 11) is 4.93. The highest BCUT2D eigenvalue weighted by atomic mass is 35.5. The average Bonchev–Trinajstić information content (AvgIpc) is 3.81. The Morgan fingerprint density at radius 1 is 0.574 bits per heavy atom. The highest BCUT2D eigenvalue weighted by molar-refractivity contribution is 6.30. The first-order valence-corrected chi connectivity index (χ1v) is 22.3. The summed E-state index contributed by atoms with van der Waals surface area (Å²) in [6, 6.07) is 30.3. The van der Waals surface area contributed by atoms with Gasteiger partial charge in [0.25, 0.3) is 23.6 Å². The number of ether oxygens (including phenoxy) is 2. The fourth-order valence-corrected chi connectivity index (χ4v) is 7.59. The van der Waals surface area contributed by atoms with Crippen LogP contribution in [0.3, 0.4) is 0 Å². The summed E-state index contributed by atoms with van der Waals surface area (Å²) in [5.74, 6) is 1.06. The number of piperidine rings is 1. The summed E-state index contributed by atoms with van der Waals surface area (Å²) < 4.78 is 10.8. The van der Waals surface area contributed by atoms with Gasteiger partial charge >= 0.3 is 0 Å². The van der Waals surface area contributed by atoms with E-state index in [9.17, 15) is 19.2 Å². The number of anilines is 4. The Morgan fingerprint density at radius 2 is 1.04 bits per heavy atom. The van der Waals surface area contributed by atoms with Crippen molar-refractivity contribution in [2.45, 2.75) is 19.3 Å². The van der Waals surface area contributed by atoms with Gasteiger partial charge in [-0.1, -0.05) is 59.6 Å². The highest BCUT2D eigenvalue weighted by Crippen LogP contribution is 2.31. The molecule has 4 heterocycles. The second-order valence-corrected chi connectivity index (χ2v) is 16.4. The average molecular weight is 956 g/mol. The van der Waals surface area contributed by atoms with Crippen molar-refractivity contribution in [3.63, 3.8) is 0 Å². The number of nitrogens with zero attached hydrogens (tertiary/aromatic N) is 5. The van der Waals surface area contributed by atoms with E-state index in [4.69, 9.17) is 38.1 Å². The molecule has 0 radical (unpaired) electrons. The summed E-state index contributed by atoms with van der Waals surface area (Å²) >= 11 is 11.7. The molecule has 0 bridgehead atoms. The molecular weight excluding hydrogens is 908 g/mol. The quantitative estimate of drug-likeness (QED) is 0.0582. The molecule has 0 saturated carbocycles. The van der Waals surface area contributed by atoms with Crippen molar-refractivity contribution in [2.24, 2.45) is 4.99 Å². The van der Waals surface area contributed by atoms with Gasteiger partial charge in [-0.2, -0.15) is 0 Å². The summed E-state index contributed by atoms with van der Waals surface area (Å²) in [6.45, 7) is 3.40. The van der Waals surface area contributed by atoms with Gasteiger partial charge in [-0.05, 0) is 92.1 Å². The van der Waals surface area contributed by atoms with E-state index in [-0.39, 0.29) is 28.4 Å². The van der Waals surface area contributed by atoms with Crippen LogP contribution in [0.5, 0.6) is 11.5 Å². The Labute approximate surface area is 403 Å². The topological polar surface area (TPSA) is 203 Å². The molecule has 2 aliphatic rings. The number of likely N-dealkylation sites (tertiary alicyclic amines) is 1. The van der Waals surface area contributed by atoms with Crippen LogP contribution in [0, 0.1) is 5.41 Å². The second kappa shape index (κ2) is 22.6. The van der Waals surface area contributed by atoms with E-state index < -0.39 is 17.7 Å². The number of benzene rings is 4. The third-order valence-corrected chi connectivity index (χ3v) is 11.4. The Kier molecular flexibility index (Phi) is 16.0. The van der Waals surface area contributed by atoms with Crippen LogP contribution >= 0.6 is 23.2 Å². The van der Waals surface area contributed by atoms with E-state index in [1.54, 1.807) is 97.1 Å². The van der Waals surface area contributed by atoms with Gasteiger partial charge < -0.3 is 40.5 Å². The zero-order valence-electron chi connectivity index (χ0n) is 37.4. The molecule has 2 aromatic heterocycles. The molecule has 348 valence electrons. The number of aliphatic imine (C=N–C) groups is 1. The lowest BCUT2D eigenvalue weighted by molar-refractivity contribution is 0.101. The molecule has 0 spiro atoms. The Balaban J connectivity index is 0.000000202. The number of carbonyl (C=O) groups excluding carboxylic acids is 4. The molecule has 2 aliphatic heterocycles. The number of likely N-dealkylation sites (N-methyl/N-ethyl adjacent to an activating group) is 1. The van der Waals surface area contributed by atoms with E-state index in [0.717, 1.165) is 56.0 Å². The first-order valence-electron chi connectivity index (χ1n) is 21.5. The van der Waals surface area contributed by atoms with Gasteiger partial charge in [-0.15, -0.1) is 0 Å². The SMILES string of the molecule is COc1cccc(C(=O)Nc2ccc(Cl)cn2)c1NC(=O)c1ccc(C(=N)N2CCCCC2)cc1.COc1cccc(C(=O)Nc2ccc(Cl)cn2)c1NC(=O)c1ccc(C2=NCCN2C)cc1. The number of para-hydroxylation sites is 2. The third-order valence-electron chi connectivity index (χ3n) is 11.0. The minimum Gasteiger partial charge on any atom is -0.495 e. The Hall–Kier alpha value is -7.82. The van der Waals surface area contributed by atoms with Crippen molar-refractivity contribution in [2.75, 3.05) is 68.7 Å². The number of pyridine rings is 2. The van der Waals surface area contributed by atoms with E-state index in [0.29, 0.717) is 50.1 Å². The number of aromatic nitrogens is 2. The summed E-state index contributed by atoms with van der Waals surface area (Å²) in [5, 5.41) is 20.4. The first kappa shape index (κ1) is 48.1. The van der Waals surface area contributed by atoms with Gasteiger partial charge in [-0.25, -0.2) is 9.97 Å². The molecule has 8 rings (SSSR count). The minimum absolute atomic E-state index is 0.220. The van der Waals surface area contributed by atoms with Gasteiger partial charge in [0.15, 0.2) is 0 Å². The number of amides is 4. The molecule has 0 aliphatic carbocycles. The van der Waals surface area contributed by atoms with Gasteiger partial charge in [0.05, 0.1) is 53.3 Å².